The highest BCUT2D eigenvalue weighted by Gasteiger charge is 2.20. The van der Waals surface area contributed by atoms with Gasteiger partial charge >= 0.3 is 0 Å². The first-order chi connectivity index (χ1) is 18.0. The first-order valence-corrected chi connectivity index (χ1v) is 14.5. The van der Waals surface area contributed by atoms with Crippen LogP contribution in [0.5, 0.6) is 5.75 Å². The summed E-state index contributed by atoms with van der Waals surface area (Å²) in [6, 6.07) is 25.9. The van der Waals surface area contributed by atoms with Gasteiger partial charge in [0.25, 0.3) is 10.0 Å². The summed E-state index contributed by atoms with van der Waals surface area (Å²) in [6.45, 7) is 2.66. The van der Waals surface area contributed by atoms with Crippen LogP contribution in [0, 0.1) is 5.92 Å². The number of anilines is 2. The Bertz CT molecular complexity index is 1400. The summed E-state index contributed by atoms with van der Waals surface area (Å²) in [5.41, 5.74) is 3.69. The van der Waals surface area contributed by atoms with Gasteiger partial charge in [-0.3, -0.25) is 9.71 Å². The lowest BCUT2D eigenvalue weighted by Crippen LogP contribution is -2.35. The van der Waals surface area contributed by atoms with Crippen molar-refractivity contribution in [3.63, 3.8) is 0 Å². The van der Waals surface area contributed by atoms with E-state index in [2.05, 4.69) is 30.5 Å². The summed E-state index contributed by atoms with van der Waals surface area (Å²) in [5.74, 6) is 1.23. The quantitative estimate of drug-likeness (QED) is 0.255. The molecule has 1 N–H and O–H groups in total. The van der Waals surface area contributed by atoms with E-state index in [1.807, 2.05) is 60.9 Å². The molecule has 1 saturated heterocycles. The van der Waals surface area contributed by atoms with Gasteiger partial charge in [0.2, 0.25) is 0 Å². The second-order valence-corrected chi connectivity index (χ2v) is 11.7. The van der Waals surface area contributed by atoms with E-state index in [-0.39, 0.29) is 4.90 Å². The van der Waals surface area contributed by atoms with E-state index in [0.717, 1.165) is 47.3 Å². The van der Waals surface area contributed by atoms with Gasteiger partial charge in [0.05, 0.1) is 11.5 Å². The molecule has 37 heavy (non-hydrogen) atoms. The molecule has 4 aromatic rings. The van der Waals surface area contributed by atoms with Crippen LogP contribution < -0.4 is 14.4 Å². The van der Waals surface area contributed by atoms with Crippen LogP contribution >= 0.6 is 15.9 Å². The standard InChI is InChI=1S/C29H28BrN3O3S/c30-25-5-1-23(2-6-25)24-3-11-29(12-4-24)37(34,35)32-26-7-9-28(10-8-26)36-21-22-15-19-33(20-16-22)27-13-17-31-18-14-27/h1-14,17-18,22,32H,15-16,19-21H2. The van der Waals surface area contributed by atoms with E-state index < -0.39 is 10.0 Å². The molecular weight excluding hydrogens is 550 g/mol. The van der Waals surface area contributed by atoms with Crippen molar-refractivity contribution in [2.75, 3.05) is 29.3 Å². The van der Waals surface area contributed by atoms with Crippen molar-refractivity contribution >= 4 is 37.3 Å². The van der Waals surface area contributed by atoms with Gasteiger partial charge in [-0.05, 0) is 90.6 Å². The lowest BCUT2D eigenvalue weighted by atomic mass is 9.97. The number of hydrogen-bond acceptors (Lipinski definition) is 5. The molecule has 0 radical (unpaired) electrons. The Kier molecular flexibility index (Phi) is 7.76. The van der Waals surface area contributed by atoms with Gasteiger partial charge in [-0.2, -0.15) is 0 Å². The average molecular weight is 579 g/mol. The molecule has 0 unspecified atom stereocenters. The van der Waals surface area contributed by atoms with Crippen molar-refractivity contribution in [1.29, 1.82) is 0 Å². The van der Waals surface area contributed by atoms with Crippen LogP contribution in [0.4, 0.5) is 11.4 Å². The molecule has 0 bridgehead atoms. The van der Waals surface area contributed by atoms with Crippen LogP contribution in [0.1, 0.15) is 12.8 Å². The van der Waals surface area contributed by atoms with Crippen molar-refractivity contribution in [1.82, 2.24) is 4.98 Å². The monoisotopic (exact) mass is 577 g/mol. The van der Waals surface area contributed by atoms with Crippen molar-refractivity contribution in [2.45, 2.75) is 17.7 Å². The van der Waals surface area contributed by atoms with Crippen molar-refractivity contribution in [2.24, 2.45) is 5.92 Å². The van der Waals surface area contributed by atoms with Gasteiger partial charge in [-0.1, -0.05) is 40.2 Å². The fourth-order valence-electron chi connectivity index (χ4n) is 4.43. The third kappa shape index (κ3) is 6.50. The number of nitrogens with one attached hydrogen (secondary N) is 1. The zero-order valence-electron chi connectivity index (χ0n) is 20.3. The minimum Gasteiger partial charge on any atom is -0.493 e. The molecule has 0 spiro atoms. The summed E-state index contributed by atoms with van der Waals surface area (Å²) in [4.78, 5) is 6.69. The summed E-state index contributed by atoms with van der Waals surface area (Å²) >= 11 is 3.43. The molecular formula is C29H28BrN3O3S. The number of aromatic nitrogens is 1. The fourth-order valence-corrected chi connectivity index (χ4v) is 5.75. The average Bonchev–Trinajstić information content (AvgIpc) is 2.94. The topological polar surface area (TPSA) is 71.5 Å². The Morgan fingerprint density at radius 3 is 2.05 bits per heavy atom. The van der Waals surface area contributed by atoms with E-state index >= 15 is 0 Å². The molecule has 1 aliphatic heterocycles. The molecule has 5 rings (SSSR count). The first kappa shape index (κ1) is 25.3. The molecule has 0 aliphatic carbocycles. The molecule has 0 amide bonds. The fraction of sp³-hybridized carbons (Fsp3) is 0.207. The maximum Gasteiger partial charge on any atom is 0.261 e. The van der Waals surface area contributed by atoms with Crippen LogP contribution in [-0.2, 0) is 10.0 Å². The Morgan fingerprint density at radius 1 is 0.838 bits per heavy atom. The zero-order valence-corrected chi connectivity index (χ0v) is 22.7. The number of benzene rings is 3. The van der Waals surface area contributed by atoms with E-state index in [0.29, 0.717) is 18.2 Å². The SMILES string of the molecule is O=S(=O)(Nc1ccc(OCC2CCN(c3ccncc3)CC2)cc1)c1ccc(-c2ccc(Br)cc2)cc1. The van der Waals surface area contributed by atoms with Crippen molar-refractivity contribution in [3.05, 3.63) is 102 Å². The molecule has 8 heteroatoms. The number of piperidine rings is 1. The third-order valence-electron chi connectivity index (χ3n) is 6.58. The second kappa shape index (κ2) is 11.4. The maximum absolute atomic E-state index is 12.9. The number of nitrogens with zero attached hydrogens (tertiary/aromatic N) is 2. The van der Waals surface area contributed by atoms with Crippen LogP contribution in [0.15, 0.2) is 107 Å². The molecule has 0 saturated carbocycles. The molecule has 1 aliphatic rings. The predicted molar refractivity (Wildman–Crippen MR) is 151 cm³/mol. The second-order valence-electron chi connectivity index (χ2n) is 9.11. The van der Waals surface area contributed by atoms with E-state index in [1.54, 1.807) is 36.4 Å². The van der Waals surface area contributed by atoms with Crippen LogP contribution in [0.2, 0.25) is 0 Å². The number of ether oxygens (including phenoxy) is 1. The van der Waals surface area contributed by atoms with Gasteiger partial charge in [0.15, 0.2) is 0 Å². The molecule has 2 heterocycles. The van der Waals surface area contributed by atoms with Gasteiger partial charge in [0.1, 0.15) is 5.75 Å². The number of halogens is 1. The van der Waals surface area contributed by atoms with Crippen molar-refractivity contribution in [3.8, 4) is 16.9 Å². The molecule has 3 aromatic carbocycles. The Balaban J connectivity index is 1.13. The molecule has 6 nitrogen and oxygen atoms in total. The molecule has 1 aromatic heterocycles. The highest BCUT2D eigenvalue weighted by atomic mass is 79.9. The molecule has 1 fully saturated rings. The number of hydrogen-bond donors (Lipinski definition) is 1. The smallest absolute Gasteiger partial charge is 0.261 e. The van der Waals surface area contributed by atoms with Gasteiger partial charge in [-0.25, -0.2) is 8.42 Å². The Labute approximate surface area is 226 Å². The number of pyridine rings is 1. The largest absolute Gasteiger partial charge is 0.493 e. The minimum atomic E-state index is -3.70. The van der Waals surface area contributed by atoms with Gasteiger partial charge in [-0.15, -0.1) is 0 Å². The summed E-state index contributed by atoms with van der Waals surface area (Å²) in [7, 11) is -3.70. The minimum absolute atomic E-state index is 0.215. The summed E-state index contributed by atoms with van der Waals surface area (Å²) < 4.78 is 35.4. The summed E-state index contributed by atoms with van der Waals surface area (Å²) in [6.07, 6.45) is 5.80. The summed E-state index contributed by atoms with van der Waals surface area (Å²) in [5, 5.41) is 0. The molecule has 0 atom stereocenters. The third-order valence-corrected chi connectivity index (χ3v) is 8.50. The highest BCUT2D eigenvalue weighted by Crippen LogP contribution is 2.26. The van der Waals surface area contributed by atoms with Crippen LogP contribution in [0.25, 0.3) is 11.1 Å². The number of rotatable bonds is 8. The maximum atomic E-state index is 12.9. The lowest BCUT2D eigenvalue weighted by Gasteiger charge is -2.33. The molecule has 190 valence electrons. The van der Waals surface area contributed by atoms with Crippen LogP contribution in [0.3, 0.4) is 0 Å². The van der Waals surface area contributed by atoms with Gasteiger partial charge in [0, 0.05) is 41.3 Å². The van der Waals surface area contributed by atoms with Gasteiger partial charge < -0.3 is 9.64 Å². The zero-order chi connectivity index (χ0) is 25.7. The lowest BCUT2D eigenvalue weighted by molar-refractivity contribution is 0.223. The Hall–Kier alpha value is -3.36. The highest BCUT2D eigenvalue weighted by molar-refractivity contribution is 9.10. The number of sulfonamides is 1. The van der Waals surface area contributed by atoms with Crippen LogP contribution in [-0.4, -0.2) is 33.1 Å². The Morgan fingerprint density at radius 2 is 1.43 bits per heavy atom. The van der Waals surface area contributed by atoms with Crippen molar-refractivity contribution < 1.29 is 13.2 Å². The van der Waals surface area contributed by atoms with E-state index in [1.165, 1.54) is 5.69 Å². The first-order valence-electron chi connectivity index (χ1n) is 12.2. The van der Waals surface area contributed by atoms with E-state index in [9.17, 15) is 8.42 Å². The van der Waals surface area contributed by atoms with E-state index in [4.69, 9.17) is 4.74 Å². The normalized spacial score (nSPS) is 14.4. The predicted octanol–water partition coefficient (Wildman–Crippen LogP) is 6.61.